The van der Waals surface area contributed by atoms with E-state index in [1.165, 1.54) is 18.9 Å². The number of carbonyl (C=O) groups is 2. The van der Waals surface area contributed by atoms with Crippen molar-refractivity contribution in [2.24, 2.45) is 0 Å². The molecule has 110 valence electrons. The molecule has 1 aromatic carbocycles. The van der Waals surface area contributed by atoms with Gasteiger partial charge in [-0.2, -0.15) is 0 Å². The Bertz CT molecular complexity index is 490. The second-order valence-corrected chi connectivity index (χ2v) is 5.49. The molecule has 0 bridgehead atoms. The van der Waals surface area contributed by atoms with Crippen molar-refractivity contribution in [2.45, 2.75) is 24.8 Å². The third-order valence-corrected chi connectivity index (χ3v) is 3.83. The van der Waals surface area contributed by atoms with Crippen LogP contribution in [0.25, 0.3) is 0 Å². The van der Waals surface area contributed by atoms with E-state index in [0.29, 0.717) is 0 Å². The Morgan fingerprint density at radius 3 is 2.70 bits per heavy atom. The van der Waals surface area contributed by atoms with E-state index in [0.717, 1.165) is 16.0 Å². The van der Waals surface area contributed by atoms with Gasteiger partial charge in [-0.3, -0.25) is 4.79 Å². The number of aliphatic carboxylic acids is 1. The fourth-order valence-electron chi connectivity index (χ4n) is 1.58. The molecule has 0 saturated carbocycles. The molecule has 6 heteroatoms. The number of carboxylic acids is 1. The van der Waals surface area contributed by atoms with Gasteiger partial charge in [0.2, 0.25) is 5.91 Å². The van der Waals surface area contributed by atoms with Crippen molar-refractivity contribution in [1.29, 1.82) is 0 Å². The fraction of sp³-hybridized carbons (Fsp3) is 0.429. The Morgan fingerprint density at radius 1 is 1.40 bits per heavy atom. The third-order valence-electron chi connectivity index (χ3n) is 2.67. The van der Waals surface area contributed by atoms with Gasteiger partial charge in [0.15, 0.2) is 6.04 Å². The van der Waals surface area contributed by atoms with Crippen LogP contribution in [0.4, 0.5) is 0 Å². The van der Waals surface area contributed by atoms with Gasteiger partial charge < -0.3 is 15.2 Å². The summed E-state index contributed by atoms with van der Waals surface area (Å²) in [4.78, 5) is 23.7. The lowest BCUT2D eigenvalue weighted by Gasteiger charge is -2.13. The summed E-state index contributed by atoms with van der Waals surface area (Å²) >= 11 is 1.40. The highest BCUT2D eigenvalue weighted by atomic mass is 32.2. The minimum absolute atomic E-state index is 0.0464. The Morgan fingerprint density at radius 2 is 2.10 bits per heavy atom. The molecule has 20 heavy (non-hydrogen) atoms. The monoisotopic (exact) mass is 297 g/mol. The number of aryl methyl sites for hydroxylation is 2. The molecule has 0 heterocycles. The van der Waals surface area contributed by atoms with E-state index in [2.05, 4.69) is 5.32 Å². The highest BCUT2D eigenvalue weighted by Crippen LogP contribution is 2.23. The zero-order chi connectivity index (χ0) is 15.1. The molecule has 5 nitrogen and oxygen atoms in total. The first-order valence-corrected chi connectivity index (χ1v) is 7.13. The summed E-state index contributed by atoms with van der Waals surface area (Å²) in [6.07, 6.45) is 0. The van der Waals surface area contributed by atoms with Crippen molar-refractivity contribution in [3.63, 3.8) is 0 Å². The second-order valence-electron chi connectivity index (χ2n) is 4.47. The fourth-order valence-corrected chi connectivity index (χ4v) is 2.52. The maximum Gasteiger partial charge on any atom is 0.328 e. The first-order chi connectivity index (χ1) is 9.43. The highest BCUT2D eigenvalue weighted by Gasteiger charge is 2.19. The third kappa shape index (κ3) is 5.22. The van der Waals surface area contributed by atoms with Gasteiger partial charge in [0.1, 0.15) is 0 Å². The van der Waals surface area contributed by atoms with Crippen LogP contribution in [0.1, 0.15) is 11.1 Å². The summed E-state index contributed by atoms with van der Waals surface area (Å²) in [5.41, 5.74) is 2.22. The van der Waals surface area contributed by atoms with E-state index in [-0.39, 0.29) is 18.3 Å². The van der Waals surface area contributed by atoms with E-state index in [1.807, 2.05) is 32.0 Å². The number of nitrogens with one attached hydrogen (secondary N) is 1. The molecule has 1 rings (SSSR count). The number of ether oxygens (including phenoxy) is 1. The first kappa shape index (κ1) is 16.5. The van der Waals surface area contributed by atoms with Crippen molar-refractivity contribution in [3.05, 3.63) is 29.3 Å². The molecule has 0 radical (unpaired) electrons. The average Bonchev–Trinajstić information content (AvgIpc) is 2.39. The van der Waals surface area contributed by atoms with E-state index >= 15 is 0 Å². The van der Waals surface area contributed by atoms with Crippen LogP contribution in [-0.2, 0) is 14.3 Å². The topological polar surface area (TPSA) is 75.6 Å². The molecule has 1 aromatic rings. The van der Waals surface area contributed by atoms with Crippen LogP contribution in [0.3, 0.4) is 0 Å². The van der Waals surface area contributed by atoms with E-state index in [9.17, 15) is 9.59 Å². The van der Waals surface area contributed by atoms with Gasteiger partial charge in [-0.15, -0.1) is 11.8 Å². The Hall–Kier alpha value is -1.53. The zero-order valence-electron chi connectivity index (χ0n) is 11.8. The molecular weight excluding hydrogens is 278 g/mol. The Kier molecular flexibility index (Phi) is 6.54. The lowest BCUT2D eigenvalue weighted by molar-refractivity contribution is -0.142. The molecule has 1 amide bonds. The van der Waals surface area contributed by atoms with Crippen LogP contribution in [0.15, 0.2) is 23.1 Å². The van der Waals surface area contributed by atoms with Crippen LogP contribution in [0.5, 0.6) is 0 Å². The molecule has 0 aliphatic rings. The minimum atomic E-state index is -1.10. The quantitative estimate of drug-likeness (QED) is 0.748. The average molecular weight is 297 g/mol. The maximum atomic E-state index is 11.8. The standard InChI is InChI=1S/C14H19NO4S/c1-9-4-5-10(2)12(6-9)20-8-13(16)15-11(7-19-3)14(17)18/h4-6,11H,7-8H2,1-3H3,(H,15,16)(H,17,18). The van der Waals surface area contributed by atoms with Crippen LogP contribution < -0.4 is 5.32 Å². The summed E-state index contributed by atoms with van der Waals surface area (Å²) in [6.45, 7) is 3.92. The molecule has 0 saturated heterocycles. The van der Waals surface area contributed by atoms with Crippen LogP contribution in [0.2, 0.25) is 0 Å². The SMILES string of the molecule is COCC(NC(=O)CSc1cc(C)ccc1C)C(=O)O. The summed E-state index contributed by atoms with van der Waals surface area (Å²) in [6, 6.07) is 5.02. The smallest absolute Gasteiger partial charge is 0.328 e. The molecule has 2 N–H and O–H groups in total. The van der Waals surface area contributed by atoms with Gasteiger partial charge in [0, 0.05) is 12.0 Å². The molecule has 1 atom stereocenters. The van der Waals surface area contributed by atoms with E-state index in [1.54, 1.807) is 0 Å². The van der Waals surface area contributed by atoms with Crippen molar-refractivity contribution in [2.75, 3.05) is 19.5 Å². The predicted molar refractivity (Wildman–Crippen MR) is 78.1 cm³/mol. The summed E-state index contributed by atoms with van der Waals surface area (Å²) in [7, 11) is 1.40. The lowest BCUT2D eigenvalue weighted by atomic mass is 10.2. The van der Waals surface area contributed by atoms with Gasteiger partial charge in [-0.1, -0.05) is 17.7 Å². The van der Waals surface area contributed by atoms with E-state index in [4.69, 9.17) is 9.84 Å². The number of amides is 1. The zero-order valence-corrected chi connectivity index (χ0v) is 12.6. The summed E-state index contributed by atoms with van der Waals surface area (Å²) in [5.74, 6) is -1.24. The van der Waals surface area contributed by atoms with Gasteiger partial charge >= 0.3 is 5.97 Å². The summed E-state index contributed by atoms with van der Waals surface area (Å²) < 4.78 is 4.76. The Labute approximate surface area is 122 Å². The molecular formula is C14H19NO4S. The van der Waals surface area contributed by atoms with Crippen LogP contribution >= 0.6 is 11.8 Å². The van der Waals surface area contributed by atoms with Crippen LogP contribution in [0, 0.1) is 13.8 Å². The number of hydrogen-bond donors (Lipinski definition) is 2. The van der Waals surface area contributed by atoms with Crippen molar-refractivity contribution in [3.8, 4) is 0 Å². The number of benzene rings is 1. The molecule has 1 unspecified atom stereocenters. The van der Waals surface area contributed by atoms with Gasteiger partial charge in [-0.05, 0) is 25.5 Å². The number of rotatable bonds is 7. The number of carbonyl (C=O) groups excluding carboxylic acids is 1. The lowest BCUT2D eigenvalue weighted by Crippen LogP contribution is -2.44. The first-order valence-electron chi connectivity index (χ1n) is 6.15. The highest BCUT2D eigenvalue weighted by molar-refractivity contribution is 8.00. The predicted octanol–water partition coefficient (Wildman–Crippen LogP) is 1.61. The van der Waals surface area contributed by atoms with Crippen molar-refractivity contribution >= 4 is 23.6 Å². The molecule has 0 fully saturated rings. The molecule has 0 aliphatic carbocycles. The van der Waals surface area contributed by atoms with E-state index < -0.39 is 12.0 Å². The number of hydrogen-bond acceptors (Lipinski definition) is 4. The number of methoxy groups -OCH3 is 1. The molecule has 0 spiro atoms. The van der Waals surface area contributed by atoms with Gasteiger partial charge in [-0.25, -0.2) is 4.79 Å². The largest absolute Gasteiger partial charge is 0.480 e. The summed E-state index contributed by atoms with van der Waals surface area (Å²) in [5, 5.41) is 11.4. The molecule has 0 aliphatic heterocycles. The second kappa shape index (κ2) is 7.91. The number of carboxylic acid groups (broad SMARTS) is 1. The van der Waals surface area contributed by atoms with Gasteiger partial charge in [0.25, 0.3) is 0 Å². The van der Waals surface area contributed by atoms with Crippen molar-refractivity contribution in [1.82, 2.24) is 5.32 Å². The normalized spacial score (nSPS) is 11.9. The maximum absolute atomic E-state index is 11.8. The minimum Gasteiger partial charge on any atom is -0.480 e. The van der Waals surface area contributed by atoms with Crippen LogP contribution in [-0.4, -0.2) is 42.5 Å². The number of thioether (sulfide) groups is 1. The van der Waals surface area contributed by atoms with Crippen molar-refractivity contribution < 1.29 is 19.4 Å². The Balaban J connectivity index is 2.54. The van der Waals surface area contributed by atoms with Gasteiger partial charge in [0.05, 0.1) is 12.4 Å². The molecule has 0 aromatic heterocycles.